The Labute approximate surface area is 49.4 Å². The molecule has 0 saturated heterocycles. The van der Waals surface area contributed by atoms with E-state index in [1.165, 1.54) is 0 Å². The second kappa shape index (κ2) is 2.77. The summed E-state index contributed by atoms with van der Waals surface area (Å²) in [4.78, 5) is 9.90. The van der Waals surface area contributed by atoms with E-state index in [2.05, 4.69) is 10.5 Å². The Morgan fingerprint density at radius 3 is 2.25 bits per heavy atom. The summed E-state index contributed by atoms with van der Waals surface area (Å²) < 4.78 is 0. The predicted octanol–water partition coefficient (Wildman–Crippen LogP) is 1.10. The van der Waals surface area contributed by atoms with Crippen molar-refractivity contribution >= 4 is 0 Å². The van der Waals surface area contributed by atoms with Crippen LogP contribution in [0.3, 0.4) is 0 Å². The largest absolute Gasteiger partial charge is 0.291 e. The van der Waals surface area contributed by atoms with E-state index < -0.39 is 5.66 Å². The van der Waals surface area contributed by atoms with Crippen LogP contribution in [0.15, 0.2) is 5.18 Å². The molecule has 0 aromatic rings. The molecule has 0 rings (SSSR count). The zero-order valence-electron chi connectivity index (χ0n) is 5.56. The second-order valence-electron chi connectivity index (χ2n) is 2.18. The van der Waals surface area contributed by atoms with E-state index in [0.29, 0.717) is 0 Å². The SMILES string of the molecule is CCNC(C)(C)N=O. The Hall–Kier alpha value is -0.440. The molecule has 0 radical (unpaired) electrons. The summed E-state index contributed by atoms with van der Waals surface area (Å²) in [6.07, 6.45) is 0. The zero-order valence-corrected chi connectivity index (χ0v) is 5.56. The minimum absolute atomic E-state index is 0.589. The lowest BCUT2D eigenvalue weighted by atomic mass is 10.3. The minimum Gasteiger partial charge on any atom is -0.291 e. The molecule has 0 amide bonds. The molecular formula is C5H12N2O. The van der Waals surface area contributed by atoms with Gasteiger partial charge < -0.3 is 0 Å². The van der Waals surface area contributed by atoms with Crippen molar-refractivity contribution in [2.45, 2.75) is 26.4 Å². The van der Waals surface area contributed by atoms with Crippen LogP contribution in [0.2, 0.25) is 0 Å². The maximum absolute atomic E-state index is 9.90. The highest BCUT2D eigenvalue weighted by molar-refractivity contribution is 4.71. The van der Waals surface area contributed by atoms with Gasteiger partial charge in [-0.1, -0.05) is 6.92 Å². The fraction of sp³-hybridized carbons (Fsp3) is 1.00. The van der Waals surface area contributed by atoms with E-state index in [1.807, 2.05) is 6.92 Å². The van der Waals surface area contributed by atoms with Gasteiger partial charge in [0.05, 0.1) is 0 Å². The van der Waals surface area contributed by atoms with Crippen LogP contribution in [0.4, 0.5) is 0 Å². The van der Waals surface area contributed by atoms with Crippen LogP contribution in [0, 0.1) is 4.91 Å². The standard InChI is InChI=1S/C5H12N2O/c1-4-6-5(2,3)7-8/h6H,4H2,1-3H3. The van der Waals surface area contributed by atoms with Crippen molar-refractivity contribution in [3.05, 3.63) is 4.91 Å². The predicted molar refractivity (Wildman–Crippen MR) is 33.6 cm³/mol. The van der Waals surface area contributed by atoms with Crippen LogP contribution < -0.4 is 5.32 Å². The summed E-state index contributed by atoms with van der Waals surface area (Å²) in [5, 5.41) is 5.74. The number of hydrogen-bond acceptors (Lipinski definition) is 3. The van der Waals surface area contributed by atoms with Crippen LogP contribution >= 0.6 is 0 Å². The van der Waals surface area contributed by atoms with Crippen LogP contribution in [0.5, 0.6) is 0 Å². The molecule has 0 spiro atoms. The van der Waals surface area contributed by atoms with Gasteiger partial charge in [0.1, 0.15) is 5.66 Å². The molecule has 0 aromatic carbocycles. The van der Waals surface area contributed by atoms with Crippen molar-refractivity contribution in [3.63, 3.8) is 0 Å². The van der Waals surface area contributed by atoms with E-state index in [1.54, 1.807) is 13.8 Å². The molecule has 0 heterocycles. The highest BCUT2D eigenvalue weighted by atomic mass is 16.3. The van der Waals surface area contributed by atoms with Crippen molar-refractivity contribution in [2.75, 3.05) is 6.54 Å². The molecule has 0 atom stereocenters. The van der Waals surface area contributed by atoms with Crippen LogP contribution in [0.1, 0.15) is 20.8 Å². The Balaban J connectivity index is 3.53. The van der Waals surface area contributed by atoms with Gasteiger partial charge in [-0.25, -0.2) is 0 Å². The number of nitroso groups, excluding NO2 is 1. The maximum Gasteiger partial charge on any atom is 0.147 e. The van der Waals surface area contributed by atoms with Crippen molar-refractivity contribution < 1.29 is 0 Å². The molecule has 1 N–H and O–H groups in total. The summed E-state index contributed by atoms with van der Waals surface area (Å²) in [5.41, 5.74) is -0.589. The Bertz CT molecular complexity index is 80.5. The molecule has 0 bridgehead atoms. The van der Waals surface area contributed by atoms with Crippen molar-refractivity contribution in [1.82, 2.24) is 5.32 Å². The van der Waals surface area contributed by atoms with Crippen molar-refractivity contribution in [2.24, 2.45) is 5.18 Å². The molecular weight excluding hydrogens is 104 g/mol. The first-order chi connectivity index (χ1) is 3.62. The second-order valence-corrected chi connectivity index (χ2v) is 2.18. The third-order valence-corrected chi connectivity index (χ3v) is 0.838. The van der Waals surface area contributed by atoms with Gasteiger partial charge in [-0.3, -0.25) is 5.32 Å². The maximum atomic E-state index is 9.90. The van der Waals surface area contributed by atoms with Gasteiger partial charge in [-0.15, -0.1) is 4.91 Å². The van der Waals surface area contributed by atoms with E-state index >= 15 is 0 Å². The van der Waals surface area contributed by atoms with Crippen LogP contribution in [-0.4, -0.2) is 12.2 Å². The lowest BCUT2D eigenvalue weighted by Crippen LogP contribution is -2.36. The first-order valence-electron chi connectivity index (χ1n) is 2.72. The topological polar surface area (TPSA) is 41.5 Å². The van der Waals surface area contributed by atoms with Gasteiger partial charge in [-0.05, 0) is 25.6 Å². The fourth-order valence-electron chi connectivity index (χ4n) is 0.465. The molecule has 0 aliphatic rings. The fourth-order valence-corrected chi connectivity index (χ4v) is 0.465. The van der Waals surface area contributed by atoms with Gasteiger partial charge in [0.25, 0.3) is 0 Å². The third-order valence-electron chi connectivity index (χ3n) is 0.838. The zero-order chi connectivity index (χ0) is 6.62. The van der Waals surface area contributed by atoms with Crippen LogP contribution in [0.25, 0.3) is 0 Å². The normalized spacial score (nSPS) is 11.4. The van der Waals surface area contributed by atoms with E-state index in [9.17, 15) is 4.91 Å². The smallest absolute Gasteiger partial charge is 0.147 e. The molecule has 48 valence electrons. The summed E-state index contributed by atoms with van der Waals surface area (Å²) in [6, 6.07) is 0. The first kappa shape index (κ1) is 7.56. The monoisotopic (exact) mass is 116 g/mol. The summed E-state index contributed by atoms with van der Waals surface area (Å²) in [5.74, 6) is 0. The molecule has 8 heavy (non-hydrogen) atoms. The Morgan fingerprint density at radius 2 is 2.12 bits per heavy atom. The number of nitrogens with zero attached hydrogens (tertiary/aromatic N) is 1. The molecule has 0 saturated carbocycles. The van der Waals surface area contributed by atoms with Gasteiger partial charge in [-0.2, -0.15) is 0 Å². The highest BCUT2D eigenvalue weighted by Gasteiger charge is 2.13. The molecule has 0 fully saturated rings. The average molecular weight is 116 g/mol. The van der Waals surface area contributed by atoms with E-state index in [-0.39, 0.29) is 0 Å². The highest BCUT2D eigenvalue weighted by Crippen LogP contribution is 2.00. The summed E-state index contributed by atoms with van der Waals surface area (Å²) in [6.45, 7) is 6.19. The Morgan fingerprint density at radius 1 is 1.62 bits per heavy atom. The molecule has 0 aliphatic heterocycles. The van der Waals surface area contributed by atoms with Crippen molar-refractivity contribution in [3.8, 4) is 0 Å². The molecule has 0 unspecified atom stereocenters. The first-order valence-corrected chi connectivity index (χ1v) is 2.72. The van der Waals surface area contributed by atoms with Gasteiger partial charge in [0.15, 0.2) is 0 Å². The molecule has 3 nitrogen and oxygen atoms in total. The van der Waals surface area contributed by atoms with Crippen LogP contribution in [-0.2, 0) is 0 Å². The lowest BCUT2D eigenvalue weighted by Gasteiger charge is -2.14. The molecule has 0 aliphatic carbocycles. The average Bonchev–Trinajstić information content (AvgIpc) is 1.67. The molecule has 3 heteroatoms. The minimum atomic E-state index is -0.589. The van der Waals surface area contributed by atoms with E-state index in [0.717, 1.165) is 6.54 Å². The van der Waals surface area contributed by atoms with E-state index in [4.69, 9.17) is 0 Å². The lowest BCUT2D eigenvalue weighted by molar-refractivity contribution is 0.415. The molecule has 0 aromatic heterocycles. The van der Waals surface area contributed by atoms with Gasteiger partial charge in [0, 0.05) is 0 Å². The number of nitrogens with one attached hydrogen (secondary N) is 1. The summed E-state index contributed by atoms with van der Waals surface area (Å²) >= 11 is 0. The van der Waals surface area contributed by atoms with Crippen molar-refractivity contribution in [1.29, 1.82) is 0 Å². The number of rotatable bonds is 3. The summed E-state index contributed by atoms with van der Waals surface area (Å²) in [7, 11) is 0. The Kier molecular flexibility index (Phi) is 2.62. The third kappa shape index (κ3) is 2.69. The van der Waals surface area contributed by atoms with Gasteiger partial charge in [0.2, 0.25) is 0 Å². The van der Waals surface area contributed by atoms with Gasteiger partial charge >= 0.3 is 0 Å². The quantitative estimate of drug-likeness (QED) is 0.561. The number of hydrogen-bond donors (Lipinski definition) is 1.